The van der Waals surface area contributed by atoms with Crippen LogP contribution in [0.3, 0.4) is 0 Å². The monoisotopic (exact) mass is 204 g/mol. The highest BCUT2D eigenvalue weighted by molar-refractivity contribution is 7.81. The third-order valence-electron chi connectivity index (χ3n) is 1.16. The van der Waals surface area contributed by atoms with Crippen LogP contribution in [0.4, 0.5) is 0 Å². The van der Waals surface area contributed by atoms with E-state index in [1.54, 1.807) is 0 Å². The quantitative estimate of drug-likeness (QED) is 0.663. The van der Waals surface area contributed by atoms with Gasteiger partial charge >= 0.3 is 0 Å². The SMILES string of the molecule is O=S([O-])c1nc2cscc2s1. The minimum absolute atomic E-state index is 0.169. The molecule has 0 N–H and O–H groups in total. The van der Waals surface area contributed by atoms with Gasteiger partial charge in [0.05, 0.1) is 10.2 Å². The van der Waals surface area contributed by atoms with Gasteiger partial charge in [0.25, 0.3) is 0 Å². The van der Waals surface area contributed by atoms with E-state index in [0.717, 1.165) is 10.2 Å². The number of aromatic nitrogens is 1. The molecule has 0 saturated carbocycles. The molecule has 0 amide bonds. The summed E-state index contributed by atoms with van der Waals surface area (Å²) in [5, 5.41) is 3.73. The van der Waals surface area contributed by atoms with E-state index in [4.69, 9.17) is 0 Å². The molecule has 2 aromatic heterocycles. The highest BCUT2D eigenvalue weighted by Crippen LogP contribution is 2.26. The first-order chi connectivity index (χ1) is 5.27. The second-order valence-electron chi connectivity index (χ2n) is 1.84. The van der Waals surface area contributed by atoms with Crippen molar-refractivity contribution in [1.82, 2.24) is 4.98 Å². The van der Waals surface area contributed by atoms with Crippen LogP contribution in [-0.4, -0.2) is 13.7 Å². The molecule has 0 aliphatic carbocycles. The number of nitrogens with zero attached hydrogens (tertiary/aromatic N) is 1. The highest BCUT2D eigenvalue weighted by atomic mass is 32.2. The standard InChI is InChI=1S/C5H3NO2S3/c7-11(8)5-6-3-1-9-2-4(3)10-5/h1-2H,(H,7,8)/p-1. The Hall–Kier alpha value is -0.300. The van der Waals surface area contributed by atoms with Gasteiger partial charge in [0.2, 0.25) is 0 Å². The van der Waals surface area contributed by atoms with E-state index in [1.807, 2.05) is 10.8 Å². The molecule has 6 heteroatoms. The molecule has 11 heavy (non-hydrogen) atoms. The Morgan fingerprint density at radius 2 is 2.36 bits per heavy atom. The van der Waals surface area contributed by atoms with Gasteiger partial charge in [-0.25, -0.2) is 4.98 Å². The van der Waals surface area contributed by atoms with Crippen molar-refractivity contribution in [3.63, 3.8) is 0 Å². The number of hydrogen-bond acceptors (Lipinski definition) is 5. The topological polar surface area (TPSA) is 53.0 Å². The zero-order chi connectivity index (χ0) is 7.84. The van der Waals surface area contributed by atoms with Crippen LogP contribution in [0, 0.1) is 0 Å². The maximum Gasteiger partial charge on any atom is 0.168 e. The molecule has 0 aliphatic rings. The Kier molecular flexibility index (Phi) is 1.76. The van der Waals surface area contributed by atoms with Gasteiger partial charge in [-0.05, 0) is 0 Å². The van der Waals surface area contributed by atoms with Crippen molar-refractivity contribution in [3.05, 3.63) is 10.8 Å². The van der Waals surface area contributed by atoms with E-state index in [0.29, 0.717) is 0 Å². The lowest BCUT2D eigenvalue weighted by molar-refractivity contribution is 0.536. The summed E-state index contributed by atoms with van der Waals surface area (Å²) in [6, 6.07) is 0. The molecule has 2 rings (SSSR count). The van der Waals surface area contributed by atoms with Crippen LogP contribution in [0.15, 0.2) is 15.1 Å². The number of rotatable bonds is 1. The third-order valence-corrected chi connectivity index (χ3v) is 3.89. The van der Waals surface area contributed by atoms with Gasteiger partial charge in [-0.3, -0.25) is 4.21 Å². The predicted molar refractivity (Wildman–Crippen MR) is 44.7 cm³/mol. The summed E-state index contributed by atoms with van der Waals surface area (Å²) in [5.41, 5.74) is 0.777. The summed E-state index contributed by atoms with van der Waals surface area (Å²) in [6.07, 6.45) is 0. The minimum Gasteiger partial charge on any atom is -0.767 e. The average Bonchev–Trinajstić information content (AvgIpc) is 2.40. The Morgan fingerprint density at radius 3 is 3.00 bits per heavy atom. The zero-order valence-corrected chi connectivity index (χ0v) is 7.59. The number of thiophene rings is 1. The zero-order valence-electron chi connectivity index (χ0n) is 5.14. The molecule has 58 valence electrons. The van der Waals surface area contributed by atoms with Crippen LogP contribution < -0.4 is 0 Å². The summed E-state index contributed by atoms with van der Waals surface area (Å²) in [4.78, 5) is 3.89. The van der Waals surface area contributed by atoms with Crippen LogP contribution in [0.25, 0.3) is 10.2 Å². The summed E-state index contributed by atoms with van der Waals surface area (Å²) in [6.45, 7) is 0. The van der Waals surface area contributed by atoms with Crippen molar-refractivity contribution in [2.24, 2.45) is 0 Å². The van der Waals surface area contributed by atoms with Crippen molar-refractivity contribution in [1.29, 1.82) is 0 Å². The minimum atomic E-state index is -2.18. The molecule has 0 radical (unpaired) electrons. The van der Waals surface area contributed by atoms with Gasteiger partial charge in [-0.2, -0.15) is 0 Å². The molecule has 0 aromatic carbocycles. The van der Waals surface area contributed by atoms with Crippen molar-refractivity contribution < 1.29 is 8.76 Å². The summed E-state index contributed by atoms with van der Waals surface area (Å²) >= 11 is 0.548. The van der Waals surface area contributed by atoms with Gasteiger partial charge in [-0.1, -0.05) is 0 Å². The smallest absolute Gasteiger partial charge is 0.168 e. The lowest BCUT2D eigenvalue weighted by Gasteiger charge is -1.95. The summed E-state index contributed by atoms with van der Waals surface area (Å²) in [7, 11) is 0. The van der Waals surface area contributed by atoms with Crippen LogP contribution in [0.2, 0.25) is 0 Å². The van der Waals surface area contributed by atoms with Gasteiger partial charge in [0.1, 0.15) is 0 Å². The Bertz CT molecular complexity index is 376. The Labute approximate surface area is 73.0 Å². The molecule has 2 aromatic rings. The lowest BCUT2D eigenvalue weighted by Crippen LogP contribution is -1.84. The molecule has 1 atom stereocenters. The van der Waals surface area contributed by atoms with E-state index in [9.17, 15) is 8.76 Å². The molecule has 3 nitrogen and oxygen atoms in total. The normalized spacial score (nSPS) is 13.9. The molecule has 2 heterocycles. The molecular weight excluding hydrogens is 202 g/mol. The number of hydrogen-bond donors (Lipinski definition) is 0. The van der Waals surface area contributed by atoms with Crippen molar-refractivity contribution in [2.45, 2.75) is 4.34 Å². The summed E-state index contributed by atoms with van der Waals surface area (Å²) < 4.78 is 21.9. The van der Waals surface area contributed by atoms with Crippen LogP contribution in [-0.2, 0) is 11.1 Å². The average molecular weight is 204 g/mol. The Morgan fingerprint density at radius 1 is 1.55 bits per heavy atom. The maximum atomic E-state index is 10.4. The van der Waals surface area contributed by atoms with E-state index >= 15 is 0 Å². The van der Waals surface area contributed by atoms with Crippen molar-refractivity contribution in [3.8, 4) is 0 Å². The van der Waals surface area contributed by atoms with E-state index < -0.39 is 11.1 Å². The van der Waals surface area contributed by atoms with Gasteiger partial charge in [0.15, 0.2) is 4.34 Å². The number of thiazole rings is 1. The summed E-state index contributed by atoms with van der Waals surface area (Å²) in [5.74, 6) is 0. The van der Waals surface area contributed by atoms with Crippen LogP contribution in [0.5, 0.6) is 0 Å². The second kappa shape index (κ2) is 2.63. The van der Waals surface area contributed by atoms with Gasteiger partial charge in [0, 0.05) is 21.8 Å². The first kappa shape index (κ1) is 7.35. The first-order valence-electron chi connectivity index (χ1n) is 2.69. The van der Waals surface area contributed by atoms with E-state index in [-0.39, 0.29) is 4.34 Å². The van der Waals surface area contributed by atoms with Crippen molar-refractivity contribution >= 4 is 44.0 Å². The van der Waals surface area contributed by atoms with Crippen molar-refractivity contribution in [2.75, 3.05) is 0 Å². The molecular formula is C5H2NO2S3-. The molecule has 0 bridgehead atoms. The highest BCUT2D eigenvalue weighted by Gasteiger charge is 2.03. The van der Waals surface area contributed by atoms with E-state index in [2.05, 4.69) is 4.98 Å². The lowest BCUT2D eigenvalue weighted by atomic mass is 10.6. The van der Waals surface area contributed by atoms with Gasteiger partial charge < -0.3 is 4.55 Å². The number of fused-ring (bicyclic) bond motifs is 1. The molecule has 0 aliphatic heterocycles. The largest absolute Gasteiger partial charge is 0.767 e. The fourth-order valence-corrected chi connectivity index (χ4v) is 3.03. The van der Waals surface area contributed by atoms with E-state index in [1.165, 1.54) is 22.7 Å². The van der Waals surface area contributed by atoms with Gasteiger partial charge in [-0.15, -0.1) is 22.7 Å². The fraction of sp³-hybridized carbons (Fsp3) is 0. The van der Waals surface area contributed by atoms with Crippen LogP contribution >= 0.6 is 22.7 Å². The third kappa shape index (κ3) is 1.22. The predicted octanol–water partition coefficient (Wildman–Crippen LogP) is 1.60. The first-order valence-corrected chi connectivity index (χ1v) is 5.53. The Balaban J connectivity index is 2.67. The molecule has 0 spiro atoms. The molecule has 0 saturated heterocycles. The maximum absolute atomic E-state index is 10.4. The molecule has 1 unspecified atom stereocenters. The van der Waals surface area contributed by atoms with Crippen LogP contribution in [0.1, 0.15) is 0 Å². The fourth-order valence-electron chi connectivity index (χ4n) is 0.723. The second-order valence-corrected chi connectivity index (χ2v) is 4.72. The molecule has 0 fully saturated rings.